The standard InChI is InChI=1S/C38H23F3O/c1-42-37-32-8-4-2-6-27(32)36(28-7-3-5-9-33(28)37)31-21-15-24-13-19-29-26(22-10-16-25(17-11-22)38(39,40)41)18-12-23-14-20-30(31)35(24)34(23)29/h2-21H,1H3. The minimum atomic E-state index is -4.37. The Labute approximate surface area is 239 Å². The van der Waals surface area contributed by atoms with E-state index in [-0.39, 0.29) is 0 Å². The molecular weight excluding hydrogens is 529 g/mol. The van der Waals surface area contributed by atoms with Gasteiger partial charge in [-0.2, -0.15) is 13.2 Å². The maximum atomic E-state index is 13.3. The van der Waals surface area contributed by atoms with Crippen LogP contribution in [0.1, 0.15) is 5.56 Å². The van der Waals surface area contributed by atoms with Crippen molar-refractivity contribution in [2.45, 2.75) is 6.18 Å². The van der Waals surface area contributed by atoms with Crippen molar-refractivity contribution >= 4 is 53.9 Å². The van der Waals surface area contributed by atoms with Crippen LogP contribution in [0.5, 0.6) is 5.75 Å². The maximum absolute atomic E-state index is 13.3. The molecule has 0 aliphatic carbocycles. The second kappa shape index (κ2) is 8.95. The van der Waals surface area contributed by atoms with Crippen molar-refractivity contribution in [2.24, 2.45) is 0 Å². The van der Waals surface area contributed by atoms with Crippen LogP contribution in [0.3, 0.4) is 0 Å². The van der Waals surface area contributed by atoms with Gasteiger partial charge in [0.2, 0.25) is 0 Å². The smallest absolute Gasteiger partial charge is 0.416 e. The second-order valence-electron chi connectivity index (χ2n) is 10.7. The molecule has 0 heterocycles. The summed E-state index contributed by atoms with van der Waals surface area (Å²) < 4.78 is 45.7. The van der Waals surface area contributed by atoms with Gasteiger partial charge in [0.15, 0.2) is 0 Å². The molecule has 0 fully saturated rings. The van der Waals surface area contributed by atoms with Crippen LogP contribution >= 0.6 is 0 Å². The fraction of sp³-hybridized carbons (Fsp3) is 0.0526. The first-order valence-electron chi connectivity index (χ1n) is 13.8. The normalized spacial score (nSPS) is 12.3. The van der Waals surface area contributed by atoms with E-state index in [0.29, 0.717) is 0 Å². The van der Waals surface area contributed by atoms with E-state index in [1.54, 1.807) is 19.2 Å². The third-order valence-electron chi connectivity index (χ3n) is 8.54. The van der Waals surface area contributed by atoms with E-state index < -0.39 is 11.7 Å². The van der Waals surface area contributed by atoms with Gasteiger partial charge in [-0.3, -0.25) is 0 Å². The number of ether oxygens (including phenoxy) is 1. The van der Waals surface area contributed by atoms with Gasteiger partial charge >= 0.3 is 6.18 Å². The fourth-order valence-electron chi connectivity index (χ4n) is 6.71. The molecule has 42 heavy (non-hydrogen) atoms. The van der Waals surface area contributed by atoms with Crippen LogP contribution in [0.25, 0.3) is 76.1 Å². The summed E-state index contributed by atoms with van der Waals surface area (Å²) in [6.07, 6.45) is -4.37. The third kappa shape index (κ3) is 3.51. The summed E-state index contributed by atoms with van der Waals surface area (Å²) in [5, 5.41) is 11.0. The number of rotatable bonds is 3. The molecule has 0 spiro atoms. The van der Waals surface area contributed by atoms with Crippen molar-refractivity contribution in [3.63, 3.8) is 0 Å². The zero-order chi connectivity index (χ0) is 28.6. The fourth-order valence-corrected chi connectivity index (χ4v) is 6.71. The van der Waals surface area contributed by atoms with Crippen LogP contribution in [0, 0.1) is 0 Å². The van der Waals surface area contributed by atoms with Gasteiger partial charge in [0, 0.05) is 10.8 Å². The molecular formula is C38H23F3O. The van der Waals surface area contributed by atoms with Gasteiger partial charge in [-0.15, -0.1) is 0 Å². The van der Waals surface area contributed by atoms with E-state index in [4.69, 9.17) is 4.74 Å². The average Bonchev–Trinajstić information content (AvgIpc) is 3.02. The molecule has 0 atom stereocenters. The number of methoxy groups -OCH3 is 1. The lowest BCUT2D eigenvalue weighted by Crippen LogP contribution is -2.04. The minimum Gasteiger partial charge on any atom is -0.495 e. The number of benzene rings is 8. The predicted octanol–water partition coefficient (Wildman–Crippen LogP) is 11.3. The first kappa shape index (κ1) is 24.7. The molecule has 8 aromatic rings. The van der Waals surface area contributed by atoms with Crippen LogP contribution in [0.4, 0.5) is 13.2 Å². The highest BCUT2D eigenvalue weighted by molar-refractivity contribution is 6.29. The molecule has 0 saturated carbocycles. The number of fused-ring (bicyclic) bond motifs is 2. The lowest BCUT2D eigenvalue weighted by Gasteiger charge is -2.20. The van der Waals surface area contributed by atoms with Crippen LogP contribution in [0.15, 0.2) is 121 Å². The minimum absolute atomic E-state index is 0.646. The Hall–Kier alpha value is -5.09. The van der Waals surface area contributed by atoms with Crippen molar-refractivity contribution in [3.05, 3.63) is 127 Å². The topological polar surface area (TPSA) is 9.23 Å². The lowest BCUT2D eigenvalue weighted by atomic mass is 9.84. The summed E-state index contributed by atoms with van der Waals surface area (Å²) in [5.74, 6) is 0.865. The zero-order valence-electron chi connectivity index (χ0n) is 22.6. The maximum Gasteiger partial charge on any atom is 0.416 e. The molecule has 0 aliphatic rings. The number of hydrogen-bond donors (Lipinski definition) is 0. The monoisotopic (exact) mass is 552 g/mol. The first-order chi connectivity index (χ1) is 20.4. The van der Waals surface area contributed by atoms with Crippen LogP contribution in [-0.4, -0.2) is 7.11 Å². The molecule has 0 bridgehead atoms. The Morgan fingerprint density at radius 3 is 1.48 bits per heavy atom. The molecule has 0 unspecified atom stereocenters. The molecule has 0 N–H and O–H groups in total. The van der Waals surface area contributed by atoms with Crippen molar-refractivity contribution < 1.29 is 17.9 Å². The van der Waals surface area contributed by atoms with E-state index in [1.165, 1.54) is 0 Å². The van der Waals surface area contributed by atoms with E-state index in [0.717, 1.165) is 94.0 Å². The van der Waals surface area contributed by atoms with E-state index in [1.807, 2.05) is 18.2 Å². The summed E-state index contributed by atoms with van der Waals surface area (Å²) in [4.78, 5) is 0. The second-order valence-corrected chi connectivity index (χ2v) is 10.7. The zero-order valence-corrected chi connectivity index (χ0v) is 22.6. The van der Waals surface area contributed by atoms with E-state index >= 15 is 0 Å². The van der Waals surface area contributed by atoms with Crippen LogP contribution < -0.4 is 4.74 Å². The highest BCUT2D eigenvalue weighted by Crippen LogP contribution is 2.47. The largest absolute Gasteiger partial charge is 0.495 e. The van der Waals surface area contributed by atoms with E-state index in [9.17, 15) is 13.2 Å². The highest BCUT2D eigenvalue weighted by atomic mass is 19.4. The number of hydrogen-bond acceptors (Lipinski definition) is 1. The summed E-state index contributed by atoms with van der Waals surface area (Å²) in [7, 11) is 1.72. The van der Waals surface area contributed by atoms with Crippen molar-refractivity contribution in [1.29, 1.82) is 0 Å². The molecule has 0 aromatic heterocycles. The molecule has 0 saturated heterocycles. The molecule has 0 radical (unpaired) electrons. The number of halogens is 3. The molecule has 8 rings (SSSR count). The Balaban J connectivity index is 1.45. The molecule has 0 aliphatic heterocycles. The van der Waals surface area contributed by atoms with Crippen molar-refractivity contribution in [2.75, 3.05) is 7.11 Å². The summed E-state index contributed by atoms with van der Waals surface area (Å²) in [6, 6.07) is 39.2. The van der Waals surface area contributed by atoms with Gasteiger partial charge in [-0.25, -0.2) is 0 Å². The third-order valence-corrected chi connectivity index (χ3v) is 8.54. The van der Waals surface area contributed by atoms with Crippen LogP contribution in [-0.2, 0) is 6.18 Å². The summed E-state index contributed by atoms with van der Waals surface area (Å²) in [5.41, 5.74) is 3.31. The van der Waals surface area contributed by atoms with Crippen molar-refractivity contribution in [3.8, 4) is 28.0 Å². The van der Waals surface area contributed by atoms with Crippen molar-refractivity contribution in [1.82, 2.24) is 0 Å². The quantitative estimate of drug-likeness (QED) is 0.156. The lowest BCUT2D eigenvalue weighted by molar-refractivity contribution is -0.137. The number of alkyl halides is 3. The van der Waals surface area contributed by atoms with Gasteiger partial charge in [0.25, 0.3) is 0 Å². The molecule has 202 valence electrons. The molecule has 8 aromatic carbocycles. The van der Waals surface area contributed by atoms with Gasteiger partial charge in [0.1, 0.15) is 5.75 Å². The van der Waals surface area contributed by atoms with E-state index in [2.05, 4.69) is 78.9 Å². The van der Waals surface area contributed by atoms with Crippen LogP contribution in [0.2, 0.25) is 0 Å². The van der Waals surface area contributed by atoms with Gasteiger partial charge in [0.05, 0.1) is 12.7 Å². The first-order valence-corrected chi connectivity index (χ1v) is 13.8. The van der Waals surface area contributed by atoms with Gasteiger partial charge in [-0.05, 0) is 77.5 Å². The highest BCUT2D eigenvalue weighted by Gasteiger charge is 2.30. The molecule has 4 heteroatoms. The Morgan fingerprint density at radius 1 is 0.476 bits per heavy atom. The Morgan fingerprint density at radius 2 is 0.952 bits per heavy atom. The van der Waals surface area contributed by atoms with Gasteiger partial charge < -0.3 is 4.74 Å². The van der Waals surface area contributed by atoms with Gasteiger partial charge in [-0.1, -0.05) is 109 Å². The molecule has 1 nitrogen and oxygen atoms in total. The Kier molecular flexibility index (Phi) is 5.26. The Bertz CT molecular complexity index is 2260. The summed E-state index contributed by atoms with van der Waals surface area (Å²) in [6.45, 7) is 0. The SMILES string of the molecule is COc1c2ccccc2c(-c2ccc3ccc4c(-c5ccc(C(F)(F)F)cc5)ccc5ccc2c3c54)c2ccccc12. The summed E-state index contributed by atoms with van der Waals surface area (Å²) >= 11 is 0. The average molecular weight is 553 g/mol. The predicted molar refractivity (Wildman–Crippen MR) is 168 cm³/mol. The molecule has 0 amide bonds.